The van der Waals surface area contributed by atoms with Crippen LogP contribution in [0.4, 0.5) is 0 Å². The van der Waals surface area contributed by atoms with Crippen molar-refractivity contribution in [2.75, 3.05) is 0 Å². The van der Waals surface area contributed by atoms with Crippen molar-refractivity contribution in [1.82, 2.24) is 0 Å². The van der Waals surface area contributed by atoms with E-state index in [9.17, 15) is 0 Å². The van der Waals surface area contributed by atoms with Gasteiger partial charge in [0.2, 0.25) is 0 Å². The molecular weight excluding hydrogens is 500 g/mol. The fourth-order valence-corrected chi connectivity index (χ4v) is 4.09. The summed E-state index contributed by atoms with van der Waals surface area (Å²) < 4.78 is 0. The van der Waals surface area contributed by atoms with Crippen molar-refractivity contribution < 1.29 is 26.2 Å². The predicted molar refractivity (Wildman–Crippen MR) is 144 cm³/mol. The third kappa shape index (κ3) is 8.29. The maximum absolute atomic E-state index is 3.72. The summed E-state index contributed by atoms with van der Waals surface area (Å²) in [6, 6.07) is 19.7. The van der Waals surface area contributed by atoms with Crippen LogP contribution in [0.15, 0.2) is 109 Å². The zero-order chi connectivity index (χ0) is 23.6. The van der Waals surface area contributed by atoms with Gasteiger partial charge in [-0.1, -0.05) is 60.7 Å². The van der Waals surface area contributed by atoms with Crippen molar-refractivity contribution in [3.8, 4) is 0 Å². The maximum atomic E-state index is 3.72. The van der Waals surface area contributed by atoms with Crippen molar-refractivity contribution >= 4 is 0 Å². The molecule has 35 heavy (non-hydrogen) atoms. The summed E-state index contributed by atoms with van der Waals surface area (Å²) in [5.41, 5.74) is 2.14. The molecule has 0 unspecified atom stereocenters. The Labute approximate surface area is 233 Å². The maximum Gasteiger partial charge on any atom is 4.00 e. The second kappa shape index (κ2) is 14.6. The summed E-state index contributed by atoms with van der Waals surface area (Å²) in [4.78, 5) is 0. The first-order chi connectivity index (χ1) is 16.7. The Kier molecular flexibility index (Phi) is 11.5. The van der Waals surface area contributed by atoms with Crippen LogP contribution in [0.2, 0.25) is 0 Å². The molecule has 6 rings (SSSR count). The zero-order valence-corrected chi connectivity index (χ0v) is 22.5. The molecule has 0 N–H and O–H groups in total. The van der Waals surface area contributed by atoms with E-state index in [0.717, 1.165) is 24.0 Å². The summed E-state index contributed by atoms with van der Waals surface area (Å²) in [5, 5.41) is 0. The molecule has 0 amide bonds. The standard InChI is InChI=1S/C20H16.2C7H7.Zr/c1-3-7-19-15(5-1)9-11-17(19)13-14-18-12-10-16-6-2-4-8-20(16)18;2*1-7-5-3-2-4-6-7;/h1-12H,13-14H2;2*2-6H,1H2;/q;2*-1;+4. The quantitative estimate of drug-likeness (QED) is 0.353. The SMILES string of the molecule is [CH2-]c1ccccc1.[CH2-]c1ccccc1.[CH]1[CH][C](CC[C]2[CH][CH][C]3C=CC=C[C]32)[C]2C=CC=C[C]12.[Zr+4]. The molecule has 0 heterocycles. The summed E-state index contributed by atoms with van der Waals surface area (Å²) in [5.74, 6) is 8.45. The van der Waals surface area contributed by atoms with Gasteiger partial charge >= 0.3 is 26.2 Å². The summed E-state index contributed by atoms with van der Waals surface area (Å²) in [6.07, 6.45) is 28.5. The first-order valence-corrected chi connectivity index (χ1v) is 11.7. The van der Waals surface area contributed by atoms with E-state index in [-0.39, 0.29) is 26.2 Å². The van der Waals surface area contributed by atoms with Gasteiger partial charge in [0.25, 0.3) is 0 Å². The normalized spacial score (nSPS) is 19.8. The van der Waals surface area contributed by atoms with Gasteiger partial charge in [-0.25, -0.2) is 0 Å². The molecule has 0 nitrogen and oxygen atoms in total. The molecule has 2 saturated carbocycles. The number of allylic oxidation sites excluding steroid dienone is 8. The van der Waals surface area contributed by atoms with Crippen LogP contribution in [-0.4, -0.2) is 0 Å². The molecule has 2 aromatic carbocycles. The summed E-state index contributed by atoms with van der Waals surface area (Å²) in [7, 11) is 0. The first kappa shape index (κ1) is 27.6. The van der Waals surface area contributed by atoms with E-state index in [1.54, 1.807) is 0 Å². The molecule has 0 bridgehead atoms. The molecule has 0 aromatic heterocycles. The topological polar surface area (TPSA) is 0 Å². The van der Waals surface area contributed by atoms with Gasteiger partial charge in [0.1, 0.15) is 0 Å². The largest absolute Gasteiger partial charge is 4.00 e. The van der Waals surface area contributed by atoms with Crippen LogP contribution in [0, 0.1) is 75.0 Å². The average Bonchev–Trinajstić information content (AvgIpc) is 3.49. The third-order valence-corrected chi connectivity index (χ3v) is 5.89. The van der Waals surface area contributed by atoms with Gasteiger partial charge in [-0.05, 0) is 50.4 Å². The average molecular weight is 530 g/mol. The fraction of sp³-hybridized carbons (Fsp3) is 0.0588. The van der Waals surface area contributed by atoms with Gasteiger partial charge < -0.3 is 0 Å². The Hall–Kier alpha value is -1.98. The molecule has 168 valence electrons. The third-order valence-electron chi connectivity index (χ3n) is 5.89. The van der Waals surface area contributed by atoms with Gasteiger partial charge in [-0.3, -0.25) is 0 Å². The minimum Gasteiger partial charge on any atom is -0.199 e. The molecule has 2 fully saturated rings. The minimum atomic E-state index is 0. The molecule has 0 atom stereocenters. The fourth-order valence-electron chi connectivity index (χ4n) is 4.09. The van der Waals surface area contributed by atoms with Crippen LogP contribution in [0.3, 0.4) is 0 Å². The van der Waals surface area contributed by atoms with Crippen molar-refractivity contribution in [1.29, 1.82) is 0 Å². The van der Waals surface area contributed by atoms with Crippen LogP contribution in [0.1, 0.15) is 24.0 Å². The molecule has 2 aromatic rings. The van der Waals surface area contributed by atoms with Gasteiger partial charge in [-0.15, -0.1) is 24.3 Å². The summed E-state index contributed by atoms with van der Waals surface area (Å²) in [6.45, 7) is 7.44. The van der Waals surface area contributed by atoms with Crippen LogP contribution in [0.5, 0.6) is 0 Å². The molecule has 4 aliphatic rings. The van der Waals surface area contributed by atoms with Crippen molar-refractivity contribution in [3.05, 3.63) is 195 Å². The molecular formula is C34H30Zr+2. The van der Waals surface area contributed by atoms with Crippen LogP contribution < -0.4 is 0 Å². The molecule has 0 aliphatic heterocycles. The van der Waals surface area contributed by atoms with Crippen molar-refractivity contribution in [2.45, 2.75) is 12.8 Å². The van der Waals surface area contributed by atoms with Gasteiger partial charge in [0.15, 0.2) is 0 Å². The van der Waals surface area contributed by atoms with Crippen LogP contribution in [0.25, 0.3) is 0 Å². The Morgan fingerprint density at radius 3 is 1.17 bits per heavy atom. The molecule has 1 heteroatoms. The van der Waals surface area contributed by atoms with E-state index in [1.165, 1.54) is 35.5 Å². The van der Waals surface area contributed by atoms with E-state index in [4.69, 9.17) is 0 Å². The molecule has 0 saturated heterocycles. The van der Waals surface area contributed by atoms with E-state index in [0.29, 0.717) is 0 Å². The monoisotopic (exact) mass is 528 g/mol. The Morgan fingerprint density at radius 2 is 0.829 bits per heavy atom. The van der Waals surface area contributed by atoms with Gasteiger partial charge in [-0.2, -0.15) is 49.2 Å². The second-order valence-corrected chi connectivity index (χ2v) is 8.36. The number of rotatable bonds is 3. The Morgan fingerprint density at radius 1 is 0.457 bits per heavy atom. The van der Waals surface area contributed by atoms with E-state index in [1.807, 2.05) is 60.7 Å². The Balaban J connectivity index is 0.000000188. The van der Waals surface area contributed by atoms with E-state index < -0.39 is 0 Å². The molecule has 0 spiro atoms. The summed E-state index contributed by atoms with van der Waals surface area (Å²) >= 11 is 0. The van der Waals surface area contributed by atoms with Crippen molar-refractivity contribution in [3.63, 3.8) is 0 Å². The molecule has 4 aliphatic carbocycles. The first-order valence-electron chi connectivity index (χ1n) is 11.7. The number of fused-ring (bicyclic) bond motifs is 2. The van der Waals surface area contributed by atoms with Crippen molar-refractivity contribution in [2.24, 2.45) is 0 Å². The van der Waals surface area contributed by atoms with Crippen LogP contribution in [-0.2, 0) is 26.2 Å². The molecule has 10 radical (unpaired) electrons. The van der Waals surface area contributed by atoms with E-state index >= 15 is 0 Å². The second-order valence-electron chi connectivity index (χ2n) is 8.36. The van der Waals surface area contributed by atoms with Crippen LogP contribution >= 0.6 is 0 Å². The number of benzene rings is 2. The van der Waals surface area contributed by atoms with E-state index in [2.05, 4.69) is 88.1 Å². The zero-order valence-electron chi connectivity index (χ0n) is 20.0. The number of hydrogen-bond donors (Lipinski definition) is 0. The van der Waals surface area contributed by atoms with Gasteiger partial charge in [0, 0.05) is 23.7 Å². The predicted octanol–water partition coefficient (Wildman–Crippen LogP) is 8.04. The number of hydrogen-bond acceptors (Lipinski definition) is 0. The Bertz CT molecular complexity index is 887. The minimum absolute atomic E-state index is 0. The smallest absolute Gasteiger partial charge is 0.199 e. The van der Waals surface area contributed by atoms with Gasteiger partial charge in [0.05, 0.1) is 0 Å².